The molecule has 1 saturated heterocycles. The first-order valence-electron chi connectivity index (χ1n) is 8.78. The molecule has 0 radical (unpaired) electrons. The SMILES string of the molecule is CCOCC(=O)Nc1c(C(=O)N2CCC(C)CC2)oc2ccccc12. The minimum atomic E-state index is -0.297. The minimum absolute atomic E-state index is 0.0507. The predicted octanol–water partition coefficient (Wildman–Crippen LogP) is 3.28. The number of benzene rings is 1. The van der Waals surface area contributed by atoms with Crippen molar-refractivity contribution in [3.63, 3.8) is 0 Å². The highest BCUT2D eigenvalue weighted by atomic mass is 16.5. The summed E-state index contributed by atoms with van der Waals surface area (Å²) in [7, 11) is 0. The van der Waals surface area contributed by atoms with Gasteiger partial charge in [0.2, 0.25) is 11.7 Å². The summed E-state index contributed by atoms with van der Waals surface area (Å²) in [4.78, 5) is 26.8. The van der Waals surface area contributed by atoms with Gasteiger partial charge >= 0.3 is 0 Å². The Morgan fingerprint density at radius 3 is 2.72 bits per heavy atom. The molecule has 6 nitrogen and oxygen atoms in total. The number of fused-ring (bicyclic) bond motifs is 1. The van der Waals surface area contributed by atoms with Crippen molar-refractivity contribution in [1.29, 1.82) is 0 Å². The van der Waals surface area contributed by atoms with E-state index in [2.05, 4.69) is 12.2 Å². The maximum Gasteiger partial charge on any atom is 0.291 e. The molecular formula is C19H24N2O4. The van der Waals surface area contributed by atoms with Crippen LogP contribution >= 0.6 is 0 Å². The summed E-state index contributed by atoms with van der Waals surface area (Å²) in [6.07, 6.45) is 1.97. The molecule has 134 valence electrons. The molecule has 0 spiro atoms. The van der Waals surface area contributed by atoms with Crippen LogP contribution in [-0.4, -0.2) is 43.0 Å². The van der Waals surface area contributed by atoms with Gasteiger partial charge in [-0.15, -0.1) is 0 Å². The molecule has 0 bridgehead atoms. The molecule has 0 saturated carbocycles. The number of ether oxygens (including phenoxy) is 1. The molecule has 6 heteroatoms. The van der Waals surface area contributed by atoms with Crippen molar-refractivity contribution >= 4 is 28.5 Å². The van der Waals surface area contributed by atoms with E-state index < -0.39 is 0 Å². The number of hydrogen-bond donors (Lipinski definition) is 1. The van der Waals surface area contributed by atoms with Gasteiger partial charge in [-0.2, -0.15) is 0 Å². The van der Waals surface area contributed by atoms with Crippen molar-refractivity contribution < 1.29 is 18.7 Å². The molecule has 1 aromatic carbocycles. The second kappa shape index (κ2) is 7.70. The number of hydrogen-bond acceptors (Lipinski definition) is 4. The van der Waals surface area contributed by atoms with Crippen molar-refractivity contribution in [3.05, 3.63) is 30.0 Å². The number of nitrogens with zero attached hydrogens (tertiary/aromatic N) is 1. The Morgan fingerprint density at radius 2 is 2.00 bits per heavy atom. The Balaban J connectivity index is 1.89. The Kier molecular flexibility index (Phi) is 5.38. The molecule has 1 aromatic heterocycles. The fraction of sp³-hybridized carbons (Fsp3) is 0.474. The molecule has 2 heterocycles. The number of carbonyl (C=O) groups is 2. The fourth-order valence-corrected chi connectivity index (χ4v) is 3.05. The van der Waals surface area contributed by atoms with Crippen LogP contribution in [0.4, 0.5) is 5.69 Å². The van der Waals surface area contributed by atoms with Gasteiger partial charge in [0.15, 0.2) is 0 Å². The van der Waals surface area contributed by atoms with E-state index in [4.69, 9.17) is 9.15 Å². The Morgan fingerprint density at radius 1 is 1.28 bits per heavy atom. The summed E-state index contributed by atoms with van der Waals surface area (Å²) < 4.78 is 10.9. The van der Waals surface area contributed by atoms with Crippen molar-refractivity contribution in [2.24, 2.45) is 5.92 Å². The molecule has 0 atom stereocenters. The van der Waals surface area contributed by atoms with E-state index in [9.17, 15) is 9.59 Å². The van der Waals surface area contributed by atoms with Gasteiger partial charge in [-0.1, -0.05) is 19.1 Å². The number of nitrogens with one attached hydrogen (secondary N) is 1. The highest BCUT2D eigenvalue weighted by Crippen LogP contribution is 2.32. The van der Waals surface area contributed by atoms with Crippen LogP contribution in [0.1, 0.15) is 37.2 Å². The molecule has 1 N–H and O–H groups in total. The highest BCUT2D eigenvalue weighted by Gasteiger charge is 2.28. The first-order chi connectivity index (χ1) is 12.1. The lowest BCUT2D eigenvalue weighted by molar-refractivity contribution is -0.120. The number of likely N-dealkylation sites (tertiary alicyclic amines) is 1. The van der Waals surface area contributed by atoms with Gasteiger partial charge in [0.25, 0.3) is 5.91 Å². The zero-order valence-corrected chi connectivity index (χ0v) is 14.7. The normalized spacial score (nSPS) is 15.5. The minimum Gasteiger partial charge on any atom is -0.449 e. The summed E-state index contributed by atoms with van der Waals surface area (Å²) >= 11 is 0. The first kappa shape index (κ1) is 17.5. The Hall–Kier alpha value is -2.34. The van der Waals surface area contributed by atoms with Gasteiger partial charge in [0.05, 0.1) is 0 Å². The number of furan rings is 1. The average Bonchev–Trinajstić information content (AvgIpc) is 2.98. The maximum atomic E-state index is 12.9. The molecule has 0 aliphatic carbocycles. The number of anilines is 1. The second-order valence-corrected chi connectivity index (χ2v) is 6.46. The van der Waals surface area contributed by atoms with Gasteiger partial charge in [-0.3, -0.25) is 9.59 Å². The van der Waals surface area contributed by atoms with Crippen molar-refractivity contribution in [3.8, 4) is 0 Å². The fourth-order valence-electron chi connectivity index (χ4n) is 3.05. The van der Waals surface area contributed by atoms with Crippen LogP contribution in [0, 0.1) is 5.92 Å². The van der Waals surface area contributed by atoms with Crippen LogP contribution in [0.25, 0.3) is 11.0 Å². The van der Waals surface area contributed by atoms with E-state index in [1.54, 1.807) is 11.0 Å². The van der Waals surface area contributed by atoms with Crippen LogP contribution in [0.3, 0.4) is 0 Å². The van der Waals surface area contributed by atoms with Gasteiger partial charge in [0.1, 0.15) is 17.9 Å². The topological polar surface area (TPSA) is 71.8 Å². The number of piperidine rings is 1. The monoisotopic (exact) mass is 344 g/mol. The summed E-state index contributed by atoms with van der Waals surface area (Å²) in [6, 6.07) is 7.33. The van der Waals surface area contributed by atoms with Crippen LogP contribution in [-0.2, 0) is 9.53 Å². The van der Waals surface area contributed by atoms with E-state index in [0.717, 1.165) is 18.2 Å². The Bertz CT molecular complexity index is 760. The average molecular weight is 344 g/mol. The van der Waals surface area contributed by atoms with Crippen LogP contribution in [0.15, 0.2) is 28.7 Å². The number of para-hydroxylation sites is 1. The van der Waals surface area contributed by atoms with Crippen LogP contribution in [0.2, 0.25) is 0 Å². The van der Waals surface area contributed by atoms with E-state index in [1.807, 2.05) is 25.1 Å². The van der Waals surface area contributed by atoms with E-state index in [-0.39, 0.29) is 24.2 Å². The van der Waals surface area contributed by atoms with Crippen molar-refractivity contribution in [2.45, 2.75) is 26.7 Å². The standard InChI is InChI=1S/C19H24N2O4/c1-3-24-12-16(22)20-17-14-6-4-5-7-15(14)25-18(17)19(23)21-10-8-13(2)9-11-21/h4-7,13H,3,8-12H2,1-2H3,(H,20,22). The molecule has 1 aliphatic rings. The van der Waals surface area contributed by atoms with Crippen molar-refractivity contribution in [1.82, 2.24) is 4.90 Å². The lowest BCUT2D eigenvalue weighted by Crippen LogP contribution is -2.38. The molecular weight excluding hydrogens is 320 g/mol. The van der Waals surface area contributed by atoms with Crippen LogP contribution in [0.5, 0.6) is 0 Å². The lowest BCUT2D eigenvalue weighted by Gasteiger charge is -2.29. The lowest BCUT2D eigenvalue weighted by atomic mass is 9.99. The number of amides is 2. The smallest absolute Gasteiger partial charge is 0.291 e. The van der Waals surface area contributed by atoms with Crippen molar-refractivity contribution in [2.75, 3.05) is 31.6 Å². The second-order valence-electron chi connectivity index (χ2n) is 6.46. The summed E-state index contributed by atoms with van der Waals surface area (Å²) in [5, 5.41) is 3.52. The third-order valence-corrected chi connectivity index (χ3v) is 4.56. The largest absolute Gasteiger partial charge is 0.449 e. The van der Waals surface area contributed by atoms with Crippen LogP contribution < -0.4 is 5.32 Å². The quantitative estimate of drug-likeness (QED) is 0.903. The van der Waals surface area contributed by atoms with Gasteiger partial charge in [-0.05, 0) is 37.8 Å². The summed E-state index contributed by atoms with van der Waals surface area (Å²) in [5.74, 6) is 0.357. The number of carbonyl (C=O) groups excluding carboxylic acids is 2. The molecule has 1 aliphatic heterocycles. The Labute approximate surface area is 147 Å². The van der Waals surface area contributed by atoms with E-state index in [0.29, 0.717) is 36.9 Å². The predicted molar refractivity (Wildman–Crippen MR) is 95.6 cm³/mol. The third-order valence-electron chi connectivity index (χ3n) is 4.56. The summed E-state index contributed by atoms with van der Waals surface area (Å²) in [5.41, 5.74) is 1.02. The zero-order valence-electron chi connectivity index (χ0n) is 14.7. The molecule has 2 aromatic rings. The summed E-state index contributed by atoms with van der Waals surface area (Å²) in [6.45, 7) is 5.85. The van der Waals surface area contributed by atoms with E-state index in [1.165, 1.54) is 0 Å². The number of rotatable bonds is 5. The molecule has 3 rings (SSSR count). The van der Waals surface area contributed by atoms with Gasteiger partial charge in [0, 0.05) is 25.1 Å². The van der Waals surface area contributed by atoms with Gasteiger partial charge < -0.3 is 19.4 Å². The highest BCUT2D eigenvalue weighted by molar-refractivity contribution is 6.11. The molecule has 1 fully saturated rings. The maximum absolute atomic E-state index is 12.9. The molecule has 25 heavy (non-hydrogen) atoms. The van der Waals surface area contributed by atoms with E-state index >= 15 is 0 Å². The van der Waals surface area contributed by atoms with Gasteiger partial charge in [-0.25, -0.2) is 0 Å². The molecule has 2 amide bonds. The molecule has 0 unspecified atom stereocenters. The first-order valence-corrected chi connectivity index (χ1v) is 8.78. The zero-order chi connectivity index (χ0) is 17.8. The third kappa shape index (κ3) is 3.85.